The highest BCUT2D eigenvalue weighted by molar-refractivity contribution is 5.52. The van der Waals surface area contributed by atoms with Crippen LogP contribution < -0.4 is 0 Å². The molecule has 1 aromatic carbocycles. The van der Waals surface area contributed by atoms with Crippen molar-refractivity contribution in [3.05, 3.63) is 54.1 Å². The molecule has 0 saturated carbocycles. The van der Waals surface area contributed by atoms with Crippen LogP contribution in [0.2, 0.25) is 0 Å². The van der Waals surface area contributed by atoms with Crippen LogP contribution in [0.4, 0.5) is 0 Å². The van der Waals surface area contributed by atoms with Gasteiger partial charge in [-0.2, -0.15) is 5.10 Å². The van der Waals surface area contributed by atoms with Crippen LogP contribution in [0, 0.1) is 0 Å². The summed E-state index contributed by atoms with van der Waals surface area (Å²) >= 11 is 0. The molecule has 0 spiro atoms. The average Bonchev–Trinajstić information content (AvgIpc) is 2.90. The summed E-state index contributed by atoms with van der Waals surface area (Å²) in [4.78, 5) is 3.96. The average molecular weight is 243 g/mol. The van der Waals surface area contributed by atoms with E-state index >= 15 is 0 Å². The van der Waals surface area contributed by atoms with Gasteiger partial charge in [-0.3, -0.25) is 0 Å². The maximum absolute atomic E-state index is 5.71. The first-order chi connectivity index (χ1) is 8.81. The lowest BCUT2D eigenvalue weighted by Crippen LogP contribution is -2.14. The van der Waals surface area contributed by atoms with Crippen molar-refractivity contribution in [2.45, 2.75) is 20.1 Å². The van der Waals surface area contributed by atoms with Crippen LogP contribution in [0.1, 0.15) is 25.6 Å². The van der Waals surface area contributed by atoms with E-state index in [1.54, 1.807) is 11.0 Å². The van der Waals surface area contributed by atoms with Crippen molar-refractivity contribution in [2.75, 3.05) is 6.61 Å². The zero-order valence-electron chi connectivity index (χ0n) is 10.7. The van der Waals surface area contributed by atoms with Gasteiger partial charge in [0.05, 0.1) is 0 Å². The second kappa shape index (κ2) is 6.12. The summed E-state index contributed by atoms with van der Waals surface area (Å²) in [6.45, 7) is 4.64. The summed E-state index contributed by atoms with van der Waals surface area (Å²) in [5.41, 5.74) is 2.24. The van der Waals surface area contributed by atoms with Crippen LogP contribution in [0.15, 0.2) is 48.6 Å². The summed E-state index contributed by atoms with van der Waals surface area (Å²) < 4.78 is 7.43. The van der Waals surface area contributed by atoms with E-state index < -0.39 is 0 Å². The molecule has 0 aliphatic carbocycles. The fourth-order valence-corrected chi connectivity index (χ4v) is 1.80. The van der Waals surface area contributed by atoms with Gasteiger partial charge in [-0.15, -0.1) is 0 Å². The van der Waals surface area contributed by atoms with Gasteiger partial charge in [-0.25, -0.2) is 9.67 Å². The van der Waals surface area contributed by atoms with Gasteiger partial charge in [0.25, 0.3) is 0 Å². The zero-order valence-corrected chi connectivity index (χ0v) is 10.7. The van der Waals surface area contributed by atoms with Crippen molar-refractivity contribution < 1.29 is 4.74 Å². The van der Waals surface area contributed by atoms with Crippen molar-refractivity contribution in [3.63, 3.8) is 0 Å². The third-order valence-electron chi connectivity index (χ3n) is 2.58. The monoisotopic (exact) mass is 243 g/mol. The largest absolute Gasteiger partial charge is 0.353 e. The molecular formula is C14H17N3O. The van der Waals surface area contributed by atoms with E-state index in [4.69, 9.17) is 4.74 Å². The van der Waals surface area contributed by atoms with Gasteiger partial charge in [0.1, 0.15) is 12.7 Å². The van der Waals surface area contributed by atoms with E-state index in [1.807, 2.05) is 32.0 Å². The molecule has 0 aliphatic rings. The summed E-state index contributed by atoms with van der Waals surface area (Å²) in [5.74, 6) is 0. The highest BCUT2D eigenvalue weighted by Crippen LogP contribution is 2.20. The molecule has 18 heavy (non-hydrogen) atoms. The molecule has 2 aromatic rings. The van der Waals surface area contributed by atoms with Gasteiger partial charge in [0.15, 0.2) is 6.23 Å². The molecule has 0 fully saturated rings. The van der Waals surface area contributed by atoms with Crippen LogP contribution in [0.25, 0.3) is 6.08 Å². The number of nitrogens with zero attached hydrogens (tertiary/aromatic N) is 3. The Morgan fingerprint density at radius 3 is 2.78 bits per heavy atom. The van der Waals surface area contributed by atoms with Crippen molar-refractivity contribution in [1.82, 2.24) is 14.8 Å². The predicted octanol–water partition coefficient (Wildman–Crippen LogP) is 2.92. The van der Waals surface area contributed by atoms with Crippen molar-refractivity contribution in [1.29, 1.82) is 0 Å². The second-order valence-electron chi connectivity index (χ2n) is 3.98. The molecule has 1 heterocycles. The van der Waals surface area contributed by atoms with Gasteiger partial charge in [-0.05, 0) is 25.0 Å². The molecule has 0 saturated heterocycles. The fraction of sp³-hybridized carbons (Fsp3) is 0.286. The Labute approximate surface area is 107 Å². The highest BCUT2D eigenvalue weighted by Gasteiger charge is 2.13. The van der Waals surface area contributed by atoms with Crippen LogP contribution in [0.3, 0.4) is 0 Å². The Kier molecular flexibility index (Phi) is 4.25. The SMILES string of the molecule is CCOC(/C(C)=C\c1ccccc1)n1cncn1. The maximum atomic E-state index is 5.71. The summed E-state index contributed by atoms with van der Waals surface area (Å²) in [6.07, 6.45) is 5.09. The van der Waals surface area contributed by atoms with Gasteiger partial charge in [-0.1, -0.05) is 36.4 Å². The van der Waals surface area contributed by atoms with Gasteiger partial charge in [0.2, 0.25) is 0 Å². The molecule has 1 atom stereocenters. The minimum Gasteiger partial charge on any atom is -0.353 e. The Morgan fingerprint density at radius 2 is 2.17 bits per heavy atom. The topological polar surface area (TPSA) is 39.9 Å². The molecule has 1 unspecified atom stereocenters. The molecule has 1 aromatic heterocycles. The molecule has 0 radical (unpaired) electrons. The second-order valence-corrected chi connectivity index (χ2v) is 3.98. The van der Waals surface area contributed by atoms with E-state index in [0.29, 0.717) is 6.61 Å². The van der Waals surface area contributed by atoms with Gasteiger partial charge < -0.3 is 4.74 Å². The first-order valence-electron chi connectivity index (χ1n) is 6.00. The Hall–Kier alpha value is -1.94. The Morgan fingerprint density at radius 1 is 1.39 bits per heavy atom. The van der Waals surface area contributed by atoms with E-state index in [1.165, 1.54) is 6.33 Å². The number of aromatic nitrogens is 3. The zero-order chi connectivity index (χ0) is 12.8. The quantitative estimate of drug-likeness (QED) is 0.810. The smallest absolute Gasteiger partial charge is 0.173 e. The lowest BCUT2D eigenvalue weighted by molar-refractivity contribution is 0.0297. The van der Waals surface area contributed by atoms with E-state index in [-0.39, 0.29) is 6.23 Å². The Bertz CT molecular complexity index is 491. The number of hydrogen-bond acceptors (Lipinski definition) is 3. The van der Waals surface area contributed by atoms with Crippen LogP contribution in [0.5, 0.6) is 0 Å². The number of rotatable bonds is 5. The minimum absolute atomic E-state index is 0.197. The lowest BCUT2D eigenvalue weighted by atomic mass is 10.1. The molecule has 0 aliphatic heterocycles. The fourth-order valence-electron chi connectivity index (χ4n) is 1.80. The van der Waals surface area contributed by atoms with Crippen molar-refractivity contribution >= 4 is 6.08 Å². The van der Waals surface area contributed by atoms with Crippen molar-refractivity contribution in [3.8, 4) is 0 Å². The molecule has 4 nitrogen and oxygen atoms in total. The first-order valence-corrected chi connectivity index (χ1v) is 6.00. The molecule has 4 heteroatoms. The van der Waals surface area contributed by atoms with Crippen LogP contribution >= 0.6 is 0 Å². The normalized spacial score (nSPS) is 13.6. The summed E-state index contributed by atoms with van der Waals surface area (Å²) in [5, 5.41) is 4.14. The number of ether oxygens (including phenoxy) is 1. The molecule has 94 valence electrons. The summed E-state index contributed by atoms with van der Waals surface area (Å²) in [6, 6.07) is 10.2. The minimum atomic E-state index is -0.197. The molecule has 0 N–H and O–H groups in total. The van der Waals surface area contributed by atoms with Gasteiger partial charge >= 0.3 is 0 Å². The van der Waals surface area contributed by atoms with Crippen LogP contribution in [-0.2, 0) is 4.74 Å². The lowest BCUT2D eigenvalue weighted by Gasteiger charge is -2.17. The summed E-state index contributed by atoms with van der Waals surface area (Å²) in [7, 11) is 0. The van der Waals surface area contributed by atoms with E-state index in [2.05, 4.69) is 28.3 Å². The number of hydrogen-bond donors (Lipinski definition) is 0. The van der Waals surface area contributed by atoms with E-state index in [9.17, 15) is 0 Å². The first kappa shape index (κ1) is 12.5. The number of benzene rings is 1. The predicted molar refractivity (Wildman–Crippen MR) is 70.8 cm³/mol. The Balaban J connectivity index is 2.23. The highest BCUT2D eigenvalue weighted by atomic mass is 16.5. The third-order valence-corrected chi connectivity index (χ3v) is 2.58. The van der Waals surface area contributed by atoms with Gasteiger partial charge in [0, 0.05) is 6.61 Å². The molecular weight excluding hydrogens is 226 g/mol. The molecule has 0 bridgehead atoms. The third kappa shape index (κ3) is 3.05. The van der Waals surface area contributed by atoms with Crippen LogP contribution in [-0.4, -0.2) is 21.4 Å². The van der Waals surface area contributed by atoms with E-state index in [0.717, 1.165) is 11.1 Å². The molecule has 0 amide bonds. The van der Waals surface area contributed by atoms with Crippen molar-refractivity contribution in [2.24, 2.45) is 0 Å². The maximum Gasteiger partial charge on any atom is 0.173 e. The standard InChI is InChI=1S/C14H17N3O/c1-3-18-14(17-11-15-10-16-17)12(2)9-13-7-5-4-6-8-13/h4-11,14H,3H2,1-2H3/b12-9-. The molecule has 2 rings (SSSR count).